The van der Waals surface area contributed by atoms with Crippen molar-refractivity contribution >= 4 is 11.6 Å². The molecule has 0 amide bonds. The second-order valence-corrected chi connectivity index (χ2v) is 5.77. The van der Waals surface area contributed by atoms with Crippen molar-refractivity contribution in [1.82, 2.24) is 4.90 Å². The number of halogens is 1. The van der Waals surface area contributed by atoms with Gasteiger partial charge in [0.05, 0.1) is 7.11 Å². The molecule has 0 saturated heterocycles. The lowest BCUT2D eigenvalue weighted by Gasteiger charge is -2.33. The van der Waals surface area contributed by atoms with E-state index >= 15 is 0 Å². The van der Waals surface area contributed by atoms with Gasteiger partial charge in [0, 0.05) is 29.6 Å². The molecular weight excluding hydrogens is 270 g/mol. The average Bonchev–Trinajstić information content (AvgIpc) is 2.45. The summed E-state index contributed by atoms with van der Waals surface area (Å²) in [5.41, 5.74) is 3.90. The second kappa shape index (κ2) is 5.47. The third-order valence-corrected chi connectivity index (χ3v) is 4.17. The first-order chi connectivity index (χ1) is 9.69. The SMILES string of the molecule is COc1cccc2c1CN(C)CC2c1cccc(Cl)c1. The molecule has 1 aliphatic rings. The van der Waals surface area contributed by atoms with Gasteiger partial charge in [-0.1, -0.05) is 35.9 Å². The Kier molecular flexibility index (Phi) is 3.68. The maximum absolute atomic E-state index is 6.15. The minimum atomic E-state index is 0.345. The highest BCUT2D eigenvalue weighted by molar-refractivity contribution is 6.30. The Morgan fingerprint density at radius 2 is 2.00 bits per heavy atom. The van der Waals surface area contributed by atoms with Crippen LogP contribution in [-0.4, -0.2) is 25.6 Å². The number of benzene rings is 2. The third kappa shape index (κ3) is 2.41. The van der Waals surface area contributed by atoms with Crippen molar-refractivity contribution in [2.24, 2.45) is 0 Å². The first-order valence-corrected chi connectivity index (χ1v) is 7.16. The molecule has 2 aromatic rings. The summed E-state index contributed by atoms with van der Waals surface area (Å²) in [6.45, 7) is 1.93. The molecule has 1 unspecified atom stereocenters. The quantitative estimate of drug-likeness (QED) is 0.830. The zero-order chi connectivity index (χ0) is 14.1. The molecule has 0 spiro atoms. The van der Waals surface area contributed by atoms with E-state index < -0.39 is 0 Å². The number of ether oxygens (including phenoxy) is 1. The molecule has 3 rings (SSSR count). The lowest BCUT2D eigenvalue weighted by atomic mass is 9.84. The average molecular weight is 288 g/mol. The van der Waals surface area contributed by atoms with Crippen LogP contribution in [-0.2, 0) is 6.54 Å². The smallest absolute Gasteiger partial charge is 0.123 e. The largest absolute Gasteiger partial charge is 0.496 e. The lowest BCUT2D eigenvalue weighted by Crippen LogP contribution is -2.31. The van der Waals surface area contributed by atoms with E-state index in [1.54, 1.807) is 7.11 Å². The van der Waals surface area contributed by atoms with Gasteiger partial charge in [-0.3, -0.25) is 0 Å². The fourth-order valence-corrected chi connectivity index (χ4v) is 3.22. The lowest BCUT2D eigenvalue weighted by molar-refractivity contribution is 0.286. The van der Waals surface area contributed by atoms with E-state index in [4.69, 9.17) is 16.3 Å². The van der Waals surface area contributed by atoms with E-state index in [9.17, 15) is 0 Å². The molecule has 0 aromatic heterocycles. The molecule has 3 heteroatoms. The van der Waals surface area contributed by atoms with Crippen LogP contribution in [0.4, 0.5) is 0 Å². The van der Waals surface area contributed by atoms with E-state index in [2.05, 4.69) is 36.2 Å². The number of methoxy groups -OCH3 is 1. The van der Waals surface area contributed by atoms with Crippen LogP contribution in [0.1, 0.15) is 22.6 Å². The van der Waals surface area contributed by atoms with Gasteiger partial charge in [-0.2, -0.15) is 0 Å². The van der Waals surface area contributed by atoms with Crippen LogP contribution in [0.3, 0.4) is 0 Å². The summed E-state index contributed by atoms with van der Waals surface area (Å²) in [7, 11) is 3.88. The van der Waals surface area contributed by atoms with Gasteiger partial charge in [0.2, 0.25) is 0 Å². The van der Waals surface area contributed by atoms with Crippen LogP contribution in [0, 0.1) is 0 Å². The Balaban J connectivity index is 2.11. The van der Waals surface area contributed by atoms with Crippen molar-refractivity contribution in [2.75, 3.05) is 20.7 Å². The molecule has 1 atom stereocenters. The summed E-state index contributed by atoms with van der Waals surface area (Å²) in [6.07, 6.45) is 0. The van der Waals surface area contributed by atoms with Crippen LogP contribution < -0.4 is 4.74 Å². The molecule has 0 radical (unpaired) electrons. The Bertz CT molecular complexity index is 626. The summed E-state index contributed by atoms with van der Waals surface area (Å²) in [5, 5.41) is 0.792. The normalized spacial score (nSPS) is 18.6. The molecule has 0 saturated carbocycles. The predicted octanol–water partition coefficient (Wildman–Crippen LogP) is 3.93. The molecule has 1 heterocycles. The second-order valence-electron chi connectivity index (χ2n) is 5.33. The van der Waals surface area contributed by atoms with E-state index in [1.807, 2.05) is 18.2 Å². The number of likely N-dealkylation sites (N-methyl/N-ethyl adjacent to an activating group) is 1. The van der Waals surface area contributed by atoms with Crippen LogP contribution in [0.5, 0.6) is 5.75 Å². The van der Waals surface area contributed by atoms with Gasteiger partial charge in [-0.05, 0) is 36.4 Å². The molecule has 104 valence electrons. The highest BCUT2D eigenvalue weighted by Crippen LogP contribution is 2.37. The number of nitrogens with zero attached hydrogens (tertiary/aromatic N) is 1. The molecule has 1 aliphatic heterocycles. The number of hydrogen-bond acceptors (Lipinski definition) is 2. The highest BCUT2D eigenvalue weighted by atomic mass is 35.5. The highest BCUT2D eigenvalue weighted by Gasteiger charge is 2.26. The van der Waals surface area contributed by atoms with Crippen molar-refractivity contribution < 1.29 is 4.74 Å². The maximum Gasteiger partial charge on any atom is 0.123 e. The Morgan fingerprint density at radius 1 is 1.20 bits per heavy atom. The maximum atomic E-state index is 6.15. The van der Waals surface area contributed by atoms with Crippen molar-refractivity contribution in [3.8, 4) is 5.75 Å². The van der Waals surface area contributed by atoms with E-state index in [0.717, 1.165) is 23.9 Å². The third-order valence-electron chi connectivity index (χ3n) is 3.94. The fourth-order valence-electron chi connectivity index (χ4n) is 3.02. The summed E-state index contributed by atoms with van der Waals surface area (Å²) in [4.78, 5) is 2.33. The van der Waals surface area contributed by atoms with Gasteiger partial charge in [0.1, 0.15) is 5.75 Å². The van der Waals surface area contributed by atoms with Crippen molar-refractivity contribution in [1.29, 1.82) is 0 Å². The minimum Gasteiger partial charge on any atom is -0.496 e. The fraction of sp³-hybridized carbons (Fsp3) is 0.294. The minimum absolute atomic E-state index is 0.345. The van der Waals surface area contributed by atoms with Gasteiger partial charge in [0.25, 0.3) is 0 Å². The monoisotopic (exact) mass is 287 g/mol. The molecule has 0 aliphatic carbocycles. The molecule has 0 N–H and O–H groups in total. The number of hydrogen-bond donors (Lipinski definition) is 0. The summed E-state index contributed by atoms with van der Waals surface area (Å²) in [5.74, 6) is 1.32. The van der Waals surface area contributed by atoms with Gasteiger partial charge < -0.3 is 9.64 Å². The Hall–Kier alpha value is -1.51. The van der Waals surface area contributed by atoms with Crippen LogP contribution in [0.15, 0.2) is 42.5 Å². The number of fused-ring (bicyclic) bond motifs is 1. The van der Waals surface area contributed by atoms with E-state index in [-0.39, 0.29) is 0 Å². The van der Waals surface area contributed by atoms with Crippen LogP contribution in [0.2, 0.25) is 5.02 Å². The van der Waals surface area contributed by atoms with Crippen LogP contribution in [0.25, 0.3) is 0 Å². The molecule has 0 bridgehead atoms. The zero-order valence-electron chi connectivity index (χ0n) is 11.8. The molecule has 2 nitrogen and oxygen atoms in total. The Morgan fingerprint density at radius 3 is 2.75 bits per heavy atom. The predicted molar refractivity (Wildman–Crippen MR) is 82.6 cm³/mol. The number of rotatable bonds is 2. The summed E-state index contributed by atoms with van der Waals surface area (Å²) in [6, 6.07) is 14.5. The zero-order valence-corrected chi connectivity index (χ0v) is 12.5. The standard InChI is InChI=1S/C17H18ClNO/c1-19-10-15(12-5-3-6-13(18)9-12)14-7-4-8-17(20-2)16(14)11-19/h3-9,15H,10-11H2,1-2H3. The van der Waals surface area contributed by atoms with E-state index in [1.165, 1.54) is 16.7 Å². The topological polar surface area (TPSA) is 12.5 Å². The van der Waals surface area contributed by atoms with Gasteiger partial charge >= 0.3 is 0 Å². The molecule has 2 aromatic carbocycles. The summed E-state index contributed by atoms with van der Waals surface area (Å²) < 4.78 is 5.52. The van der Waals surface area contributed by atoms with Crippen molar-refractivity contribution in [2.45, 2.75) is 12.5 Å². The first kappa shape index (κ1) is 13.5. The molecular formula is C17H18ClNO. The first-order valence-electron chi connectivity index (χ1n) is 6.79. The van der Waals surface area contributed by atoms with E-state index in [0.29, 0.717) is 5.92 Å². The van der Waals surface area contributed by atoms with Crippen molar-refractivity contribution in [3.63, 3.8) is 0 Å². The summed E-state index contributed by atoms with van der Waals surface area (Å²) >= 11 is 6.15. The van der Waals surface area contributed by atoms with Gasteiger partial charge in [0.15, 0.2) is 0 Å². The molecule has 20 heavy (non-hydrogen) atoms. The van der Waals surface area contributed by atoms with Crippen LogP contribution >= 0.6 is 11.6 Å². The Labute approximate surface area is 124 Å². The van der Waals surface area contributed by atoms with Gasteiger partial charge in [-0.25, -0.2) is 0 Å². The van der Waals surface area contributed by atoms with Gasteiger partial charge in [-0.15, -0.1) is 0 Å². The van der Waals surface area contributed by atoms with Crippen molar-refractivity contribution in [3.05, 3.63) is 64.2 Å². The molecule has 0 fully saturated rings.